The number of aliphatic hydroxyl groups excluding tert-OH is 1. The number of tetrazole rings is 1. The molecule has 2 aromatic carbocycles. The number of hydrogen-bond donors (Lipinski definition) is 2. The van der Waals surface area contributed by atoms with Crippen molar-refractivity contribution < 1.29 is 49.4 Å². The number of anilines is 2. The molecule has 0 spiro atoms. The molecule has 0 fully saturated rings. The number of aromatic nitrogens is 4. The number of carbonyl (C=O) groups is 1. The molecule has 3 aromatic rings. The van der Waals surface area contributed by atoms with Crippen molar-refractivity contribution in [3.05, 3.63) is 64.5 Å². The van der Waals surface area contributed by atoms with Gasteiger partial charge >= 0.3 is 24.6 Å². The van der Waals surface area contributed by atoms with Crippen LogP contribution < -0.4 is 15.1 Å². The van der Waals surface area contributed by atoms with E-state index in [1.54, 1.807) is 6.92 Å². The van der Waals surface area contributed by atoms with Gasteiger partial charge in [0.1, 0.15) is 6.04 Å². The summed E-state index contributed by atoms with van der Waals surface area (Å²) in [5.41, 5.74) is -5.55. The number of nitrogens with one attached hydrogen (secondary N) is 1. The first-order chi connectivity index (χ1) is 20.0. The lowest BCUT2D eigenvalue weighted by atomic mass is 9.94. The normalized spacial score (nSPS) is 16.7. The first kappa shape index (κ1) is 31.8. The van der Waals surface area contributed by atoms with Crippen LogP contribution in [-0.4, -0.2) is 57.1 Å². The lowest BCUT2D eigenvalue weighted by Crippen LogP contribution is -2.55. The number of benzene rings is 2. The second-order valence-corrected chi connectivity index (χ2v) is 9.62. The Balaban J connectivity index is 2.02. The lowest BCUT2D eigenvalue weighted by Gasteiger charge is -2.46. The minimum absolute atomic E-state index is 0.0708. The molecule has 2 unspecified atom stereocenters. The second kappa shape index (κ2) is 11.5. The maximum atomic E-state index is 13.8. The third kappa shape index (κ3) is 6.62. The summed E-state index contributed by atoms with van der Waals surface area (Å²) in [4.78, 5) is 16.2. The van der Waals surface area contributed by atoms with Gasteiger partial charge in [0.15, 0.2) is 0 Å². The number of aryl methyl sites for hydroxylation is 1. The smallest absolute Gasteiger partial charge is 0.395 e. The molecule has 4 rings (SSSR count). The molecule has 18 heteroatoms. The molecule has 2 N–H and O–H groups in total. The van der Waals surface area contributed by atoms with E-state index in [0.717, 1.165) is 20.7 Å². The van der Waals surface area contributed by atoms with Gasteiger partial charge in [0.05, 0.1) is 47.8 Å². The fraction of sp³-hybridized carbons (Fsp3) is 0.440. The fourth-order valence-electron chi connectivity index (χ4n) is 4.83. The van der Waals surface area contributed by atoms with Crippen molar-refractivity contribution in [2.24, 2.45) is 7.05 Å². The number of carbonyl (C=O) groups excluding carboxylic acids is 1. The number of alkyl halides is 9. The molecule has 9 nitrogen and oxygen atoms in total. The van der Waals surface area contributed by atoms with Crippen LogP contribution in [0.25, 0.3) is 0 Å². The van der Waals surface area contributed by atoms with E-state index in [9.17, 15) is 44.3 Å². The molecule has 234 valence electrons. The molecule has 0 bridgehead atoms. The van der Waals surface area contributed by atoms with E-state index in [1.807, 2.05) is 0 Å². The van der Waals surface area contributed by atoms with Crippen LogP contribution in [0.2, 0.25) is 0 Å². The summed E-state index contributed by atoms with van der Waals surface area (Å²) in [6, 6.07) is -0.160. The molecule has 1 aromatic heterocycles. The van der Waals surface area contributed by atoms with Crippen LogP contribution in [0.4, 0.5) is 55.7 Å². The first-order valence-corrected chi connectivity index (χ1v) is 12.6. The van der Waals surface area contributed by atoms with Crippen molar-refractivity contribution in [1.82, 2.24) is 25.5 Å². The van der Waals surface area contributed by atoms with Crippen LogP contribution in [0.3, 0.4) is 0 Å². The van der Waals surface area contributed by atoms with E-state index in [1.165, 1.54) is 7.05 Å². The van der Waals surface area contributed by atoms with E-state index in [0.29, 0.717) is 24.3 Å². The van der Waals surface area contributed by atoms with Gasteiger partial charge in [0.2, 0.25) is 5.82 Å². The molecule has 1 aliphatic heterocycles. The Hall–Kier alpha value is -4.09. The van der Waals surface area contributed by atoms with Gasteiger partial charge in [0, 0.05) is 13.1 Å². The average molecular weight is 625 g/mol. The SMILES string of the molecule is CCC1CN(C(c2cc(C(F)(F)F)cc(C(F)(F)F)c2)c2nnn(C)n2)c2cc(C(F)(F)F)ccc2N1C(=O)NCCO. The zero-order valence-electron chi connectivity index (χ0n) is 22.4. The third-order valence-corrected chi connectivity index (χ3v) is 6.73. The third-order valence-electron chi connectivity index (χ3n) is 6.73. The minimum atomic E-state index is -5.22. The highest BCUT2D eigenvalue weighted by Gasteiger charge is 2.43. The predicted molar refractivity (Wildman–Crippen MR) is 133 cm³/mol. The highest BCUT2D eigenvalue weighted by Crippen LogP contribution is 2.46. The van der Waals surface area contributed by atoms with Gasteiger partial charge in [-0.25, -0.2) is 4.79 Å². The minimum Gasteiger partial charge on any atom is -0.395 e. The summed E-state index contributed by atoms with van der Waals surface area (Å²) in [5.74, 6) is -0.397. The van der Waals surface area contributed by atoms with Gasteiger partial charge in [-0.05, 0) is 53.6 Å². The average Bonchev–Trinajstić information content (AvgIpc) is 3.34. The zero-order valence-corrected chi connectivity index (χ0v) is 22.4. The molecular weight excluding hydrogens is 601 g/mol. The van der Waals surface area contributed by atoms with E-state index in [2.05, 4.69) is 20.7 Å². The molecule has 0 radical (unpaired) electrons. The number of nitrogens with zero attached hydrogens (tertiary/aromatic N) is 6. The second-order valence-electron chi connectivity index (χ2n) is 9.62. The maximum absolute atomic E-state index is 13.8. The highest BCUT2D eigenvalue weighted by molar-refractivity contribution is 5.98. The van der Waals surface area contributed by atoms with Gasteiger partial charge in [-0.15, -0.1) is 10.2 Å². The van der Waals surface area contributed by atoms with Crippen LogP contribution in [0.1, 0.15) is 47.5 Å². The number of aliphatic hydroxyl groups is 1. The zero-order chi connectivity index (χ0) is 31.9. The molecule has 43 heavy (non-hydrogen) atoms. The largest absolute Gasteiger partial charge is 0.416 e. The number of fused-ring (bicyclic) bond motifs is 1. The Labute approximate surface area is 237 Å². The van der Waals surface area contributed by atoms with Crippen molar-refractivity contribution in [2.75, 3.05) is 29.5 Å². The molecule has 1 aliphatic rings. The lowest BCUT2D eigenvalue weighted by molar-refractivity contribution is -0.143. The van der Waals surface area contributed by atoms with E-state index in [4.69, 9.17) is 5.11 Å². The van der Waals surface area contributed by atoms with E-state index in [-0.39, 0.29) is 37.0 Å². The Morgan fingerprint density at radius 3 is 2.05 bits per heavy atom. The molecule has 2 heterocycles. The van der Waals surface area contributed by atoms with Crippen LogP contribution in [0.15, 0.2) is 36.4 Å². The van der Waals surface area contributed by atoms with Gasteiger partial charge < -0.3 is 15.3 Å². The summed E-state index contributed by atoms with van der Waals surface area (Å²) in [6.07, 6.45) is -15.2. The molecule has 0 aliphatic carbocycles. The van der Waals surface area contributed by atoms with Crippen molar-refractivity contribution in [1.29, 1.82) is 0 Å². The van der Waals surface area contributed by atoms with Gasteiger partial charge in [-0.2, -0.15) is 44.3 Å². The Morgan fingerprint density at radius 2 is 1.56 bits per heavy atom. The predicted octanol–water partition coefficient (Wildman–Crippen LogP) is 5.16. The quantitative estimate of drug-likeness (QED) is 0.368. The summed E-state index contributed by atoms with van der Waals surface area (Å²) in [6.45, 7) is 0.644. The Morgan fingerprint density at radius 1 is 0.953 bits per heavy atom. The van der Waals surface area contributed by atoms with Crippen LogP contribution in [0.5, 0.6) is 0 Å². The molecule has 0 saturated heterocycles. The summed E-state index contributed by atoms with van der Waals surface area (Å²) in [5, 5.41) is 23.0. The van der Waals surface area contributed by atoms with Gasteiger partial charge in [-0.3, -0.25) is 4.90 Å². The number of halogens is 9. The molecule has 2 atom stereocenters. The number of urea groups is 1. The number of rotatable bonds is 6. The van der Waals surface area contributed by atoms with Crippen molar-refractivity contribution in [3.63, 3.8) is 0 Å². The van der Waals surface area contributed by atoms with Crippen molar-refractivity contribution in [3.8, 4) is 0 Å². The number of amides is 2. The van der Waals surface area contributed by atoms with E-state index < -0.39 is 71.3 Å². The molecular formula is C25H24F9N7O2. The summed E-state index contributed by atoms with van der Waals surface area (Å²) < 4.78 is 124. The van der Waals surface area contributed by atoms with Crippen LogP contribution in [-0.2, 0) is 25.6 Å². The van der Waals surface area contributed by atoms with Crippen LogP contribution >= 0.6 is 0 Å². The molecule has 0 saturated carbocycles. The first-order valence-electron chi connectivity index (χ1n) is 12.6. The van der Waals surface area contributed by atoms with Crippen molar-refractivity contribution in [2.45, 2.75) is 44.0 Å². The van der Waals surface area contributed by atoms with Crippen LogP contribution in [0, 0.1) is 0 Å². The van der Waals surface area contributed by atoms with Crippen molar-refractivity contribution >= 4 is 17.4 Å². The topological polar surface area (TPSA) is 99.4 Å². The fourth-order valence-corrected chi connectivity index (χ4v) is 4.83. The van der Waals surface area contributed by atoms with E-state index >= 15 is 0 Å². The van der Waals surface area contributed by atoms with Gasteiger partial charge in [-0.1, -0.05) is 6.92 Å². The maximum Gasteiger partial charge on any atom is 0.416 e. The summed E-state index contributed by atoms with van der Waals surface area (Å²) in [7, 11) is 1.29. The summed E-state index contributed by atoms with van der Waals surface area (Å²) >= 11 is 0. The Bertz CT molecular complexity index is 1440. The standard InChI is InChI=1S/C25H24F9N7O2/c1-3-17-12-40(19-11-14(23(26,27)28)4-5-18(19)41(17)22(43)35-6-7-42)20(21-36-38-39(2)37-21)13-8-15(24(29,30)31)10-16(9-13)25(32,33)34/h4-5,8-11,17,20,42H,3,6-7,12H2,1-2H3,(H,35,43). The van der Waals surface area contributed by atoms with Gasteiger partial charge in [0.25, 0.3) is 0 Å². The Kier molecular flexibility index (Phi) is 8.54. The molecule has 2 amide bonds. The monoisotopic (exact) mass is 625 g/mol. The highest BCUT2D eigenvalue weighted by atomic mass is 19.4. The number of hydrogen-bond acceptors (Lipinski definition) is 6.